The molecule has 5 rings (SSSR count). The Morgan fingerprint density at radius 2 is 1.70 bits per heavy atom. The molecule has 4 aromatic rings. The van der Waals surface area contributed by atoms with Crippen molar-refractivity contribution in [3.63, 3.8) is 0 Å². The van der Waals surface area contributed by atoms with E-state index < -0.39 is 6.10 Å². The average Bonchev–Trinajstić information content (AvgIpc) is 3.16. The maximum atomic E-state index is 12.8. The summed E-state index contributed by atoms with van der Waals surface area (Å²) in [5.41, 5.74) is 2.42. The van der Waals surface area contributed by atoms with Gasteiger partial charge in [0.05, 0.1) is 19.0 Å². The summed E-state index contributed by atoms with van der Waals surface area (Å²) in [6.07, 6.45) is 0.845. The number of aliphatic hydroxyl groups is 1. The van der Waals surface area contributed by atoms with Crippen LogP contribution in [0.4, 0.5) is 5.69 Å². The van der Waals surface area contributed by atoms with Crippen LogP contribution in [0.2, 0.25) is 0 Å². The van der Waals surface area contributed by atoms with E-state index in [1.165, 1.54) is 16.6 Å². The van der Waals surface area contributed by atoms with Crippen molar-refractivity contribution in [1.82, 2.24) is 14.5 Å². The summed E-state index contributed by atoms with van der Waals surface area (Å²) < 4.78 is 7.16. The molecule has 3 heterocycles. The van der Waals surface area contributed by atoms with Crippen LogP contribution in [-0.4, -0.2) is 58.4 Å². The van der Waals surface area contributed by atoms with Crippen molar-refractivity contribution in [2.24, 2.45) is 0 Å². The van der Waals surface area contributed by atoms with Crippen molar-refractivity contribution >= 4 is 27.8 Å². The second-order valence-electron chi connectivity index (χ2n) is 7.76. The molecule has 30 heavy (non-hydrogen) atoms. The molecule has 154 valence electrons. The third kappa shape index (κ3) is 3.58. The van der Waals surface area contributed by atoms with Crippen LogP contribution in [0.5, 0.6) is 0 Å². The molecule has 0 saturated carbocycles. The zero-order valence-electron chi connectivity index (χ0n) is 16.6. The quantitative estimate of drug-likeness (QED) is 0.550. The van der Waals surface area contributed by atoms with Gasteiger partial charge in [0.15, 0.2) is 0 Å². The maximum absolute atomic E-state index is 12.8. The number of piperazine rings is 1. The zero-order chi connectivity index (χ0) is 20.5. The summed E-state index contributed by atoms with van der Waals surface area (Å²) >= 11 is 0. The molecule has 1 unspecified atom stereocenters. The van der Waals surface area contributed by atoms with Crippen LogP contribution in [0.25, 0.3) is 22.1 Å². The maximum Gasteiger partial charge on any atom is 0.297 e. The monoisotopic (exact) mass is 404 g/mol. The number of para-hydroxylation sites is 2. The zero-order valence-corrected chi connectivity index (χ0v) is 16.6. The Balaban J connectivity index is 1.24. The minimum atomic E-state index is -0.658. The lowest BCUT2D eigenvalue weighted by molar-refractivity contribution is 0.0940. The molecular formula is C23H24N4O3. The first-order chi connectivity index (χ1) is 14.7. The molecule has 0 amide bonds. The standard InChI is InChI=1S/C23H24N4O3/c28-18(14-25-10-12-26(13-11-25)17-6-2-1-3-7-17)15-27-16-24-21-19-8-4-5-9-20(19)30-22(21)23(27)29/h1-9,16,18,28H,10-15H2. The minimum absolute atomic E-state index is 0.192. The molecule has 1 aliphatic heterocycles. The Labute approximate surface area is 173 Å². The Morgan fingerprint density at radius 1 is 0.967 bits per heavy atom. The van der Waals surface area contributed by atoms with Gasteiger partial charge in [-0.3, -0.25) is 14.3 Å². The van der Waals surface area contributed by atoms with Crippen LogP contribution >= 0.6 is 0 Å². The minimum Gasteiger partial charge on any atom is -0.448 e. The molecule has 1 fully saturated rings. The van der Waals surface area contributed by atoms with E-state index >= 15 is 0 Å². The van der Waals surface area contributed by atoms with Gasteiger partial charge in [0.1, 0.15) is 11.1 Å². The van der Waals surface area contributed by atoms with Gasteiger partial charge in [-0.05, 0) is 24.3 Å². The second kappa shape index (κ2) is 7.93. The van der Waals surface area contributed by atoms with Crippen LogP contribution in [0.1, 0.15) is 0 Å². The van der Waals surface area contributed by atoms with Crippen molar-refractivity contribution < 1.29 is 9.52 Å². The first-order valence-electron chi connectivity index (χ1n) is 10.3. The van der Waals surface area contributed by atoms with Crippen LogP contribution in [-0.2, 0) is 6.54 Å². The predicted molar refractivity (Wildman–Crippen MR) is 117 cm³/mol. The SMILES string of the molecule is O=c1c2oc3ccccc3c2ncn1CC(O)CN1CCN(c2ccccc2)CC1. The highest BCUT2D eigenvalue weighted by atomic mass is 16.3. The number of aliphatic hydroxyl groups excluding tert-OH is 1. The van der Waals surface area contributed by atoms with Gasteiger partial charge in [-0.25, -0.2) is 4.98 Å². The lowest BCUT2D eigenvalue weighted by Crippen LogP contribution is -2.49. The number of aromatic nitrogens is 2. The first kappa shape index (κ1) is 18.8. The third-order valence-corrected chi connectivity index (χ3v) is 5.72. The van der Waals surface area contributed by atoms with E-state index in [2.05, 4.69) is 39.0 Å². The molecule has 0 spiro atoms. The van der Waals surface area contributed by atoms with E-state index in [0.717, 1.165) is 31.6 Å². The van der Waals surface area contributed by atoms with Crippen molar-refractivity contribution in [3.05, 3.63) is 71.3 Å². The Bertz CT molecular complexity index is 1210. The molecule has 0 radical (unpaired) electrons. The Hall–Kier alpha value is -3.16. The highest BCUT2D eigenvalue weighted by molar-refractivity contribution is 6.01. The van der Waals surface area contributed by atoms with Crippen molar-refractivity contribution in [2.75, 3.05) is 37.6 Å². The van der Waals surface area contributed by atoms with Crippen LogP contribution < -0.4 is 10.5 Å². The van der Waals surface area contributed by atoms with Gasteiger partial charge in [0, 0.05) is 43.8 Å². The van der Waals surface area contributed by atoms with Gasteiger partial charge in [0.2, 0.25) is 5.58 Å². The van der Waals surface area contributed by atoms with Gasteiger partial charge in [0.25, 0.3) is 5.56 Å². The molecule has 7 heteroatoms. The number of furan rings is 1. The Morgan fingerprint density at radius 3 is 2.50 bits per heavy atom. The first-order valence-corrected chi connectivity index (χ1v) is 10.3. The number of β-amino-alcohol motifs (C(OH)–C–C–N with tert-alkyl or cyclic N) is 1. The van der Waals surface area contributed by atoms with Gasteiger partial charge >= 0.3 is 0 Å². The number of nitrogens with zero attached hydrogens (tertiary/aromatic N) is 4. The van der Waals surface area contributed by atoms with E-state index in [1.54, 1.807) is 0 Å². The number of rotatable bonds is 5. The van der Waals surface area contributed by atoms with Crippen molar-refractivity contribution in [2.45, 2.75) is 12.6 Å². The average molecular weight is 404 g/mol. The highest BCUT2D eigenvalue weighted by Crippen LogP contribution is 2.24. The number of hydrogen-bond donors (Lipinski definition) is 1. The molecule has 1 saturated heterocycles. The van der Waals surface area contributed by atoms with E-state index in [9.17, 15) is 9.90 Å². The molecule has 1 atom stereocenters. The van der Waals surface area contributed by atoms with E-state index in [0.29, 0.717) is 17.6 Å². The van der Waals surface area contributed by atoms with Gasteiger partial charge in [-0.2, -0.15) is 0 Å². The van der Waals surface area contributed by atoms with Crippen LogP contribution in [0.15, 0.2) is 70.1 Å². The van der Waals surface area contributed by atoms with Crippen LogP contribution in [0.3, 0.4) is 0 Å². The molecule has 0 bridgehead atoms. The number of hydrogen-bond acceptors (Lipinski definition) is 6. The molecule has 7 nitrogen and oxygen atoms in total. The summed E-state index contributed by atoms with van der Waals surface area (Å²) in [7, 11) is 0. The normalized spacial score (nSPS) is 16.4. The molecule has 2 aromatic heterocycles. The molecular weight excluding hydrogens is 380 g/mol. The molecule has 1 aliphatic rings. The summed E-state index contributed by atoms with van der Waals surface area (Å²) in [5, 5.41) is 11.4. The molecule has 0 aliphatic carbocycles. The molecule has 2 aromatic carbocycles. The van der Waals surface area contributed by atoms with Gasteiger partial charge in [-0.1, -0.05) is 30.3 Å². The fraction of sp³-hybridized carbons (Fsp3) is 0.304. The predicted octanol–water partition coefficient (Wildman–Crippen LogP) is 2.33. The lowest BCUT2D eigenvalue weighted by Gasteiger charge is -2.36. The number of anilines is 1. The largest absolute Gasteiger partial charge is 0.448 e. The van der Waals surface area contributed by atoms with Crippen LogP contribution in [0, 0.1) is 0 Å². The summed E-state index contributed by atoms with van der Waals surface area (Å²) in [6, 6.07) is 17.8. The van der Waals surface area contributed by atoms with E-state index in [4.69, 9.17) is 4.42 Å². The topological polar surface area (TPSA) is 74.7 Å². The second-order valence-corrected chi connectivity index (χ2v) is 7.76. The smallest absolute Gasteiger partial charge is 0.297 e. The highest BCUT2D eigenvalue weighted by Gasteiger charge is 2.20. The van der Waals surface area contributed by atoms with Crippen molar-refractivity contribution in [3.8, 4) is 0 Å². The molecule has 1 N–H and O–H groups in total. The van der Waals surface area contributed by atoms with E-state index in [-0.39, 0.29) is 17.7 Å². The summed E-state index contributed by atoms with van der Waals surface area (Å²) in [4.78, 5) is 21.8. The summed E-state index contributed by atoms with van der Waals surface area (Å²) in [6.45, 7) is 4.31. The Kier molecular flexibility index (Phi) is 4.98. The lowest BCUT2D eigenvalue weighted by atomic mass is 10.2. The fourth-order valence-corrected chi connectivity index (χ4v) is 4.16. The van der Waals surface area contributed by atoms with Gasteiger partial charge < -0.3 is 14.4 Å². The van der Waals surface area contributed by atoms with E-state index in [1.807, 2.05) is 30.3 Å². The van der Waals surface area contributed by atoms with Gasteiger partial charge in [-0.15, -0.1) is 0 Å². The fourth-order valence-electron chi connectivity index (χ4n) is 4.16. The van der Waals surface area contributed by atoms with Crippen molar-refractivity contribution in [1.29, 1.82) is 0 Å². The number of fused-ring (bicyclic) bond motifs is 3. The summed E-state index contributed by atoms with van der Waals surface area (Å²) in [5.74, 6) is 0. The third-order valence-electron chi connectivity index (χ3n) is 5.72. The number of benzene rings is 2.